The summed E-state index contributed by atoms with van der Waals surface area (Å²) < 4.78 is 0. The molecule has 3 aromatic carbocycles. The first kappa shape index (κ1) is 16.9. The van der Waals surface area contributed by atoms with Gasteiger partial charge in [-0.05, 0) is 60.0 Å². The molecule has 0 bridgehead atoms. The van der Waals surface area contributed by atoms with Gasteiger partial charge in [0.15, 0.2) is 0 Å². The van der Waals surface area contributed by atoms with Crippen LogP contribution in [0.2, 0.25) is 0 Å². The van der Waals surface area contributed by atoms with E-state index >= 15 is 0 Å². The van der Waals surface area contributed by atoms with Crippen LogP contribution in [0.15, 0.2) is 60.7 Å². The topological polar surface area (TPSA) is 90.5 Å². The Bertz CT molecular complexity index is 1010. The Hall–Kier alpha value is -3.54. The van der Waals surface area contributed by atoms with Crippen molar-refractivity contribution in [3.63, 3.8) is 0 Å². The molecule has 0 spiro atoms. The molecule has 0 radical (unpaired) electrons. The average molecular weight is 361 g/mol. The van der Waals surface area contributed by atoms with Crippen molar-refractivity contribution in [2.45, 2.75) is 18.9 Å². The van der Waals surface area contributed by atoms with Crippen molar-refractivity contribution in [1.82, 2.24) is 5.32 Å². The minimum Gasteiger partial charge on any atom is -0.507 e. The van der Waals surface area contributed by atoms with Crippen LogP contribution in [-0.2, 0) is 0 Å². The number of anilines is 2. The van der Waals surface area contributed by atoms with Crippen molar-refractivity contribution in [1.29, 1.82) is 0 Å². The standard InChI is InChI=1S/C21H19N3O3/c25-19-12-14-4-2-1-3-13(14)11-18(19)20(26)22-15-5-7-16(8-6-15)23-21(27)24-17-9-10-17/h1-8,11-12,17,25H,9-10H2,(H,22,26)(H2,23,24,27). The first-order valence-electron chi connectivity index (χ1n) is 8.79. The first-order chi connectivity index (χ1) is 13.1. The Kier molecular flexibility index (Phi) is 4.38. The van der Waals surface area contributed by atoms with Crippen LogP contribution >= 0.6 is 0 Å². The molecule has 0 atom stereocenters. The molecule has 136 valence electrons. The summed E-state index contributed by atoms with van der Waals surface area (Å²) in [5.41, 5.74) is 1.42. The molecule has 1 saturated carbocycles. The van der Waals surface area contributed by atoms with E-state index in [1.807, 2.05) is 24.3 Å². The van der Waals surface area contributed by atoms with E-state index in [1.54, 1.807) is 36.4 Å². The minimum atomic E-state index is -0.398. The summed E-state index contributed by atoms with van der Waals surface area (Å²) in [7, 11) is 0. The lowest BCUT2D eigenvalue weighted by Crippen LogP contribution is -2.30. The van der Waals surface area contributed by atoms with Crippen LogP contribution in [0.4, 0.5) is 16.2 Å². The minimum absolute atomic E-state index is 0.0683. The fourth-order valence-corrected chi connectivity index (χ4v) is 2.83. The van der Waals surface area contributed by atoms with E-state index in [0.29, 0.717) is 11.4 Å². The molecule has 1 aliphatic rings. The van der Waals surface area contributed by atoms with E-state index in [4.69, 9.17) is 0 Å². The lowest BCUT2D eigenvalue weighted by Gasteiger charge is -2.10. The molecule has 0 unspecified atom stereocenters. The van der Waals surface area contributed by atoms with Crippen molar-refractivity contribution < 1.29 is 14.7 Å². The Morgan fingerprint density at radius 2 is 1.44 bits per heavy atom. The number of urea groups is 1. The molecule has 0 aliphatic heterocycles. The fraction of sp³-hybridized carbons (Fsp3) is 0.143. The number of aromatic hydroxyl groups is 1. The van der Waals surface area contributed by atoms with E-state index in [9.17, 15) is 14.7 Å². The van der Waals surface area contributed by atoms with Crippen molar-refractivity contribution in [3.05, 3.63) is 66.2 Å². The molecule has 0 aromatic heterocycles. The third-order valence-electron chi connectivity index (χ3n) is 4.42. The zero-order valence-corrected chi connectivity index (χ0v) is 14.5. The number of phenolic OH excluding ortho intramolecular Hbond substituents is 1. The number of fused-ring (bicyclic) bond motifs is 1. The highest BCUT2D eigenvalue weighted by Crippen LogP contribution is 2.26. The van der Waals surface area contributed by atoms with Gasteiger partial charge in [0, 0.05) is 17.4 Å². The molecule has 3 aromatic rings. The van der Waals surface area contributed by atoms with Gasteiger partial charge in [-0.3, -0.25) is 4.79 Å². The highest BCUT2D eigenvalue weighted by Gasteiger charge is 2.23. The molecule has 1 aliphatic carbocycles. The molecule has 6 nitrogen and oxygen atoms in total. The summed E-state index contributed by atoms with van der Waals surface area (Å²) in [6, 6.07) is 17.6. The third kappa shape index (κ3) is 4.00. The van der Waals surface area contributed by atoms with Crippen LogP contribution in [-0.4, -0.2) is 23.1 Å². The van der Waals surface area contributed by atoms with E-state index in [2.05, 4.69) is 16.0 Å². The van der Waals surface area contributed by atoms with Crippen molar-refractivity contribution in [3.8, 4) is 5.75 Å². The number of hydrogen-bond acceptors (Lipinski definition) is 3. The summed E-state index contributed by atoms with van der Waals surface area (Å²) >= 11 is 0. The van der Waals surface area contributed by atoms with Crippen LogP contribution in [0.3, 0.4) is 0 Å². The van der Waals surface area contributed by atoms with E-state index < -0.39 is 5.91 Å². The molecule has 3 amide bonds. The summed E-state index contributed by atoms with van der Waals surface area (Å²) in [6.07, 6.45) is 2.06. The summed E-state index contributed by atoms with van der Waals surface area (Å²) in [5, 5.41) is 20.3. The van der Waals surface area contributed by atoms with E-state index in [1.165, 1.54) is 0 Å². The molecule has 6 heteroatoms. The second-order valence-electron chi connectivity index (χ2n) is 6.62. The smallest absolute Gasteiger partial charge is 0.319 e. The monoisotopic (exact) mass is 361 g/mol. The predicted molar refractivity (Wildman–Crippen MR) is 105 cm³/mol. The normalized spacial score (nSPS) is 13.2. The fourth-order valence-electron chi connectivity index (χ4n) is 2.83. The molecule has 1 fully saturated rings. The maximum Gasteiger partial charge on any atom is 0.319 e. The van der Waals surface area contributed by atoms with Gasteiger partial charge < -0.3 is 21.1 Å². The van der Waals surface area contributed by atoms with Crippen molar-refractivity contribution >= 4 is 34.1 Å². The van der Waals surface area contributed by atoms with Crippen LogP contribution < -0.4 is 16.0 Å². The van der Waals surface area contributed by atoms with Gasteiger partial charge in [-0.15, -0.1) is 0 Å². The molecule has 27 heavy (non-hydrogen) atoms. The van der Waals surface area contributed by atoms with Gasteiger partial charge >= 0.3 is 6.03 Å². The van der Waals surface area contributed by atoms with Gasteiger partial charge in [0.1, 0.15) is 5.75 Å². The zero-order valence-electron chi connectivity index (χ0n) is 14.5. The van der Waals surface area contributed by atoms with Crippen LogP contribution in [0.25, 0.3) is 10.8 Å². The van der Waals surface area contributed by atoms with Gasteiger partial charge in [-0.25, -0.2) is 4.79 Å². The Balaban J connectivity index is 1.44. The lowest BCUT2D eigenvalue weighted by molar-refractivity contribution is 0.102. The van der Waals surface area contributed by atoms with E-state index in [-0.39, 0.29) is 23.4 Å². The molecular weight excluding hydrogens is 342 g/mol. The number of carbonyl (C=O) groups excluding carboxylic acids is 2. The maximum absolute atomic E-state index is 12.5. The van der Waals surface area contributed by atoms with Crippen LogP contribution in [0, 0.1) is 0 Å². The quantitative estimate of drug-likeness (QED) is 0.564. The van der Waals surface area contributed by atoms with Gasteiger partial charge in [0.25, 0.3) is 5.91 Å². The number of hydrogen-bond donors (Lipinski definition) is 4. The van der Waals surface area contributed by atoms with E-state index in [0.717, 1.165) is 23.6 Å². The third-order valence-corrected chi connectivity index (χ3v) is 4.42. The van der Waals surface area contributed by atoms with Crippen LogP contribution in [0.1, 0.15) is 23.2 Å². The Labute approximate surface area is 156 Å². The van der Waals surface area contributed by atoms with Gasteiger partial charge in [0.2, 0.25) is 0 Å². The molecule has 0 heterocycles. The first-order valence-corrected chi connectivity index (χ1v) is 8.79. The SMILES string of the molecule is O=C(Nc1ccc(NC(=O)c2cc3ccccc3cc2O)cc1)NC1CC1. The predicted octanol–water partition coefficient (Wildman–Crippen LogP) is 4.08. The van der Waals surface area contributed by atoms with Crippen molar-refractivity contribution in [2.24, 2.45) is 0 Å². The second kappa shape index (κ2) is 6.99. The van der Waals surface area contributed by atoms with Gasteiger partial charge in [-0.2, -0.15) is 0 Å². The lowest BCUT2D eigenvalue weighted by atomic mass is 10.1. The number of amides is 3. The number of carbonyl (C=O) groups is 2. The van der Waals surface area contributed by atoms with Crippen LogP contribution in [0.5, 0.6) is 5.75 Å². The second-order valence-corrected chi connectivity index (χ2v) is 6.62. The summed E-state index contributed by atoms with van der Waals surface area (Å²) in [4.78, 5) is 24.3. The number of benzene rings is 3. The largest absolute Gasteiger partial charge is 0.507 e. The van der Waals surface area contributed by atoms with Crippen molar-refractivity contribution in [2.75, 3.05) is 10.6 Å². The molecule has 4 N–H and O–H groups in total. The average Bonchev–Trinajstić information content (AvgIpc) is 3.46. The number of rotatable bonds is 4. The molecule has 0 saturated heterocycles. The number of phenols is 1. The van der Waals surface area contributed by atoms with Gasteiger partial charge in [-0.1, -0.05) is 24.3 Å². The highest BCUT2D eigenvalue weighted by atomic mass is 16.3. The Morgan fingerprint density at radius 3 is 2.07 bits per heavy atom. The summed E-state index contributed by atoms with van der Waals surface area (Å²) in [5.74, 6) is -0.466. The molecule has 4 rings (SSSR count). The zero-order chi connectivity index (χ0) is 18.8. The maximum atomic E-state index is 12.5. The Morgan fingerprint density at radius 1 is 0.852 bits per heavy atom. The van der Waals surface area contributed by atoms with Gasteiger partial charge in [0.05, 0.1) is 5.56 Å². The highest BCUT2D eigenvalue weighted by molar-refractivity contribution is 6.08. The summed E-state index contributed by atoms with van der Waals surface area (Å²) in [6.45, 7) is 0. The number of nitrogens with one attached hydrogen (secondary N) is 3. The molecular formula is C21H19N3O3.